The van der Waals surface area contributed by atoms with Crippen molar-refractivity contribution in [3.05, 3.63) is 0 Å². The quantitative estimate of drug-likeness (QED) is 0.504. The van der Waals surface area contributed by atoms with E-state index in [1.807, 2.05) is 0 Å². The highest BCUT2D eigenvalue weighted by molar-refractivity contribution is 5.91. The van der Waals surface area contributed by atoms with Crippen LogP contribution in [0.3, 0.4) is 0 Å². The molecule has 1 heteroatoms. The molecule has 0 aromatic carbocycles. The molecule has 62 valence electrons. The van der Waals surface area contributed by atoms with Gasteiger partial charge in [0.1, 0.15) is 0 Å². The van der Waals surface area contributed by atoms with E-state index in [-0.39, 0.29) is 0 Å². The molecule has 0 saturated heterocycles. The van der Waals surface area contributed by atoms with Crippen LogP contribution in [0.2, 0.25) is 0 Å². The second-order valence-corrected chi connectivity index (χ2v) is 4.18. The number of hydrogen-bond donors (Lipinski definition) is 0. The Hall–Kier alpha value is -0.330. The molecule has 2 aliphatic rings. The fraction of sp³-hybridized carbons (Fsp3) is 0.900. The van der Waals surface area contributed by atoms with Crippen LogP contribution in [0, 0.1) is 17.8 Å². The van der Waals surface area contributed by atoms with E-state index < -0.39 is 0 Å². The van der Waals surface area contributed by atoms with Crippen LogP contribution in [-0.4, -0.2) is 12.3 Å². The Balaban J connectivity index is 2.16. The van der Waals surface area contributed by atoms with Gasteiger partial charge in [-0.1, -0.05) is 20.3 Å². The van der Waals surface area contributed by atoms with Crippen LogP contribution in [0.4, 0.5) is 0 Å². The summed E-state index contributed by atoms with van der Waals surface area (Å²) in [6.45, 7) is 5.78. The van der Waals surface area contributed by atoms with Crippen LogP contribution in [0.15, 0.2) is 4.99 Å². The number of nitrogens with zero attached hydrogens (tertiary/aromatic N) is 1. The first-order valence-corrected chi connectivity index (χ1v) is 4.83. The largest absolute Gasteiger partial charge is 0.293 e. The minimum absolute atomic E-state index is 0.790. The summed E-state index contributed by atoms with van der Waals surface area (Å²) in [6, 6.07) is 0. The van der Waals surface area contributed by atoms with Crippen molar-refractivity contribution < 1.29 is 0 Å². The first kappa shape index (κ1) is 7.33. The fourth-order valence-electron chi connectivity index (χ4n) is 2.53. The molecule has 0 bridgehead atoms. The highest BCUT2D eigenvalue weighted by Gasteiger charge is 2.33. The van der Waals surface area contributed by atoms with Gasteiger partial charge in [-0.15, -0.1) is 0 Å². The zero-order valence-corrected chi connectivity index (χ0v) is 7.51. The molecule has 3 atom stereocenters. The molecule has 0 radical (unpaired) electrons. The highest BCUT2D eigenvalue weighted by Crippen LogP contribution is 2.35. The average molecular weight is 151 g/mol. The molecule has 1 aliphatic carbocycles. The summed E-state index contributed by atoms with van der Waals surface area (Å²) in [5, 5.41) is 0. The summed E-state index contributed by atoms with van der Waals surface area (Å²) in [7, 11) is 0. The van der Waals surface area contributed by atoms with Crippen LogP contribution < -0.4 is 0 Å². The Morgan fingerprint density at radius 1 is 1.27 bits per heavy atom. The van der Waals surface area contributed by atoms with E-state index in [9.17, 15) is 0 Å². The first-order chi connectivity index (χ1) is 5.29. The van der Waals surface area contributed by atoms with Crippen LogP contribution in [0.25, 0.3) is 0 Å². The van der Waals surface area contributed by atoms with E-state index in [1.54, 1.807) is 5.71 Å². The van der Waals surface area contributed by atoms with Gasteiger partial charge in [0, 0.05) is 18.2 Å². The zero-order valence-electron chi connectivity index (χ0n) is 7.51. The summed E-state index contributed by atoms with van der Waals surface area (Å²) in [4.78, 5) is 4.64. The Labute approximate surface area is 68.9 Å². The third-order valence-corrected chi connectivity index (χ3v) is 3.29. The van der Waals surface area contributed by atoms with E-state index in [1.165, 1.54) is 19.3 Å². The maximum atomic E-state index is 4.64. The number of hydrogen-bond acceptors (Lipinski definition) is 1. The number of rotatable bonds is 0. The maximum absolute atomic E-state index is 4.64. The second-order valence-electron chi connectivity index (χ2n) is 4.18. The van der Waals surface area contributed by atoms with Crippen molar-refractivity contribution in [2.45, 2.75) is 33.1 Å². The minimum Gasteiger partial charge on any atom is -0.293 e. The molecular weight excluding hydrogens is 134 g/mol. The van der Waals surface area contributed by atoms with Crippen molar-refractivity contribution in [1.29, 1.82) is 0 Å². The van der Waals surface area contributed by atoms with Gasteiger partial charge in [0.05, 0.1) is 0 Å². The third-order valence-electron chi connectivity index (χ3n) is 3.29. The lowest BCUT2D eigenvalue weighted by Gasteiger charge is -2.27. The Kier molecular flexibility index (Phi) is 1.74. The smallest absolute Gasteiger partial charge is 0.0420 e. The van der Waals surface area contributed by atoms with Crippen molar-refractivity contribution in [3.8, 4) is 0 Å². The van der Waals surface area contributed by atoms with E-state index in [2.05, 4.69) is 18.8 Å². The molecule has 2 unspecified atom stereocenters. The summed E-state index contributed by atoms with van der Waals surface area (Å²) in [5.41, 5.74) is 1.55. The van der Waals surface area contributed by atoms with Gasteiger partial charge in [0.15, 0.2) is 0 Å². The molecule has 0 aromatic rings. The predicted octanol–water partition coefficient (Wildman–Crippen LogP) is 2.51. The molecular formula is C10H17N. The summed E-state index contributed by atoms with van der Waals surface area (Å²) >= 11 is 0. The molecule has 2 rings (SSSR count). The maximum Gasteiger partial charge on any atom is 0.0420 e. The van der Waals surface area contributed by atoms with E-state index in [0.29, 0.717) is 0 Å². The molecule has 1 aliphatic heterocycles. The SMILES string of the molecule is CC1CCC[C@@H]2C1=NCC2C. The first-order valence-electron chi connectivity index (χ1n) is 4.83. The molecule has 1 nitrogen and oxygen atoms in total. The molecule has 1 fully saturated rings. The van der Waals surface area contributed by atoms with Gasteiger partial charge in [-0.2, -0.15) is 0 Å². The van der Waals surface area contributed by atoms with Gasteiger partial charge < -0.3 is 0 Å². The Morgan fingerprint density at radius 3 is 2.82 bits per heavy atom. The lowest BCUT2D eigenvalue weighted by Crippen LogP contribution is -2.26. The van der Waals surface area contributed by atoms with Gasteiger partial charge >= 0.3 is 0 Å². The normalized spacial score (nSPS) is 43.5. The van der Waals surface area contributed by atoms with Crippen molar-refractivity contribution in [2.24, 2.45) is 22.7 Å². The van der Waals surface area contributed by atoms with Crippen molar-refractivity contribution in [1.82, 2.24) is 0 Å². The van der Waals surface area contributed by atoms with Gasteiger partial charge in [-0.25, -0.2) is 0 Å². The van der Waals surface area contributed by atoms with E-state index in [0.717, 1.165) is 24.3 Å². The van der Waals surface area contributed by atoms with Gasteiger partial charge in [-0.05, 0) is 24.7 Å². The van der Waals surface area contributed by atoms with Gasteiger partial charge in [-0.3, -0.25) is 4.99 Å². The lowest BCUT2D eigenvalue weighted by molar-refractivity contribution is 0.400. The monoisotopic (exact) mass is 151 g/mol. The standard InChI is InChI=1S/C10H17N/c1-7-4-3-5-9-8(2)6-11-10(7)9/h7-9H,3-6H2,1-2H3/t7?,8?,9-/m0/s1. The van der Waals surface area contributed by atoms with Crippen LogP contribution in [-0.2, 0) is 0 Å². The molecule has 0 amide bonds. The molecule has 0 aromatic heterocycles. The van der Waals surface area contributed by atoms with Crippen molar-refractivity contribution in [2.75, 3.05) is 6.54 Å². The van der Waals surface area contributed by atoms with Crippen LogP contribution in [0.5, 0.6) is 0 Å². The van der Waals surface area contributed by atoms with E-state index >= 15 is 0 Å². The fourth-order valence-corrected chi connectivity index (χ4v) is 2.53. The minimum atomic E-state index is 0.790. The van der Waals surface area contributed by atoms with Crippen molar-refractivity contribution >= 4 is 5.71 Å². The van der Waals surface area contributed by atoms with Gasteiger partial charge in [0.25, 0.3) is 0 Å². The molecule has 1 saturated carbocycles. The Morgan fingerprint density at radius 2 is 2.09 bits per heavy atom. The lowest BCUT2D eigenvalue weighted by atomic mass is 9.77. The average Bonchev–Trinajstić information content (AvgIpc) is 2.35. The summed E-state index contributed by atoms with van der Waals surface area (Å²) < 4.78 is 0. The second kappa shape index (κ2) is 2.62. The molecule has 11 heavy (non-hydrogen) atoms. The number of fused-ring (bicyclic) bond motifs is 1. The van der Waals surface area contributed by atoms with Crippen molar-refractivity contribution in [3.63, 3.8) is 0 Å². The van der Waals surface area contributed by atoms with E-state index in [4.69, 9.17) is 0 Å². The molecule has 0 N–H and O–H groups in total. The highest BCUT2D eigenvalue weighted by atomic mass is 14.8. The third kappa shape index (κ3) is 1.11. The zero-order chi connectivity index (χ0) is 7.84. The van der Waals surface area contributed by atoms with Gasteiger partial charge in [0.2, 0.25) is 0 Å². The van der Waals surface area contributed by atoms with Crippen LogP contribution in [0.1, 0.15) is 33.1 Å². The topological polar surface area (TPSA) is 12.4 Å². The molecule has 1 heterocycles. The Bertz CT molecular complexity index is 183. The summed E-state index contributed by atoms with van der Waals surface area (Å²) in [5.74, 6) is 2.49. The predicted molar refractivity (Wildman–Crippen MR) is 48.0 cm³/mol. The van der Waals surface area contributed by atoms with Crippen LogP contribution >= 0.6 is 0 Å². The summed E-state index contributed by atoms with van der Waals surface area (Å²) in [6.07, 6.45) is 4.21. The number of aliphatic imine (C=N–C) groups is 1. The molecule has 0 spiro atoms.